The van der Waals surface area contributed by atoms with E-state index in [1.54, 1.807) is 0 Å². The van der Waals surface area contributed by atoms with Gasteiger partial charge in [-0.1, -0.05) is 13.8 Å². The van der Waals surface area contributed by atoms with Gasteiger partial charge in [0.05, 0.1) is 6.54 Å². The molecule has 2 aliphatic rings. The second kappa shape index (κ2) is 6.02. The zero-order chi connectivity index (χ0) is 13.1. The minimum absolute atomic E-state index is 0.309. The molecule has 18 heavy (non-hydrogen) atoms. The zero-order valence-corrected chi connectivity index (χ0v) is 11.8. The van der Waals surface area contributed by atoms with Crippen LogP contribution in [0.15, 0.2) is 0 Å². The molecule has 0 bridgehead atoms. The van der Waals surface area contributed by atoms with Crippen molar-refractivity contribution in [1.29, 1.82) is 0 Å². The lowest BCUT2D eigenvalue weighted by Crippen LogP contribution is -2.50. The number of rotatable bonds is 2. The van der Waals surface area contributed by atoms with Crippen LogP contribution in [-0.4, -0.2) is 54.5 Å². The van der Waals surface area contributed by atoms with Crippen molar-refractivity contribution in [3.05, 3.63) is 0 Å². The fraction of sp³-hybridized carbons (Fsp3) is 0.929. The number of likely N-dealkylation sites (tertiary alicyclic amines) is 2. The third-order valence-corrected chi connectivity index (χ3v) is 4.42. The van der Waals surface area contributed by atoms with E-state index in [2.05, 4.69) is 18.7 Å². The first-order valence-corrected chi connectivity index (χ1v) is 7.32. The Kier molecular flexibility index (Phi) is 4.62. The van der Waals surface area contributed by atoms with Crippen molar-refractivity contribution < 1.29 is 4.79 Å². The number of carbonyl (C=O) groups is 1. The summed E-state index contributed by atoms with van der Waals surface area (Å²) in [5, 5.41) is 0. The summed E-state index contributed by atoms with van der Waals surface area (Å²) in [6, 6.07) is 0.311. The Bertz CT molecular complexity index is 295. The Balaban J connectivity index is 1.80. The van der Waals surface area contributed by atoms with Gasteiger partial charge in [-0.15, -0.1) is 0 Å². The van der Waals surface area contributed by atoms with E-state index in [9.17, 15) is 4.79 Å². The van der Waals surface area contributed by atoms with Crippen molar-refractivity contribution in [1.82, 2.24) is 9.80 Å². The number of nitrogens with two attached hydrogens (primary N) is 1. The van der Waals surface area contributed by atoms with E-state index < -0.39 is 0 Å². The molecule has 0 aliphatic carbocycles. The Hall–Kier alpha value is -0.610. The number of carbonyl (C=O) groups excluding carboxylic acids is 1. The largest absolute Gasteiger partial charge is 0.341 e. The normalized spacial score (nSPS) is 34.6. The van der Waals surface area contributed by atoms with Gasteiger partial charge in [0.1, 0.15) is 0 Å². The smallest absolute Gasteiger partial charge is 0.236 e. The summed E-state index contributed by atoms with van der Waals surface area (Å²) < 4.78 is 0. The SMILES string of the molecule is CC1CCCN(C(=O)CN2CCC(N)C(C)C2)C1. The first-order valence-electron chi connectivity index (χ1n) is 7.32. The molecule has 104 valence electrons. The molecule has 0 radical (unpaired) electrons. The molecule has 0 aromatic heterocycles. The summed E-state index contributed by atoms with van der Waals surface area (Å²) in [6.07, 6.45) is 3.44. The maximum atomic E-state index is 12.3. The highest BCUT2D eigenvalue weighted by Gasteiger charge is 2.27. The average molecular weight is 253 g/mol. The van der Waals surface area contributed by atoms with Crippen molar-refractivity contribution in [2.24, 2.45) is 17.6 Å². The van der Waals surface area contributed by atoms with E-state index >= 15 is 0 Å². The summed E-state index contributed by atoms with van der Waals surface area (Å²) in [5.41, 5.74) is 6.01. The van der Waals surface area contributed by atoms with Gasteiger partial charge in [-0.05, 0) is 31.1 Å². The molecule has 4 heteroatoms. The van der Waals surface area contributed by atoms with Crippen LogP contribution >= 0.6 is 0 Å². The lowest BCUT2D eigenvalue weighted by Gasteiger charge is -2.37. The van der Waals surface area contributed by atoms with Crippen LogP contribution in [0.1, 0.15) is 33.1 Å². The number of hydrogen-bond acceptors (Lipinski definition) is 3. The highest BCUT2D eigenvalue weighted by molar-refractivity contribution is 5.78. The number of amides is 1. The Morgan fingerprint density at radius 2 is 2.00 bits per heavy atom. The first-order chi connectivity index (χ1) is 8.56. The third kappa shape index (κ3) is 3.45. The van der Waals surface area contributed by atoms with Gasteiger partial charge in [-0.2, -0.15) is 0 Å². The van der Waals surface area contributed by atoms with Gasteiger partial charge in [0, 0.05) is 32.2 Å². The van der Waals surface area contributed by atoms with Gasteiger partial charge >= 0.3 is 0 Å². The molecule has 2 N–H and O–H groups in total. The molecular weight excluding hydrogens is 226 g/mol. The standard InChI is InChI=1S/C14H27N3O/c1-11-4-3-6-17(8-11)14(18)10-16-7-5-13(15)12(2)9-16/h11-13H,3-10,15H2,1-2H3. The molecule has 2 saturated heterocycles. The second-order valence-corrected chi connectivity index (χ2v) is 6.25. The van der Waals surface area contributed by atoms with Crippen molar-refractivity contribution in [3.63, 3.8) is 0 Å². The van der Waals surface area contributed by atoms with E-state index in [0.717, 1.165) is 39.0 Å². The fourth-order valence-electron chi connectivity index (χ4n) is 3.10. The molecule has 2 heterocycles. The van der Waals surface area contributed by atoms with Gasteiger partial charge in [0.25, 0.3) is 0 Å². The van der Waals surface area contributed by atoms with Crippen LogP contribution in [0.5, 0.6) is 0 Å². The summed E-state index contributed by atoms with van der Waals surface area (Å²) in [6.45, 7) is 8.85. The van der Waals surface area contributed by atoms with Crippen LogP contribution in [-0.2, 0) is 4.79 Å². The van der Waals surface area contributed by atoms with Crippen molar-refractivity contribution in [2.75, 3.05) is 32.7 Å². The lowest BCUT2D eigenvalue weighted by atomic mass is 9.95. The fourth-order valence-corrected chi connectivity index (χ4v) is 3.10. The molecule has 3 unspecified atom stereocenters. The maximum Gasteiger partial charge on any atom is 0.236 e. The van der Waals surface area contributed by atoms with Crippen LogP contribution in [0.3, 0.4) is 0 Å². The van der Waals surface area contributed by atoms with Crippen LogP contribution in [0.4, 0.5) is 0 Å². The minimum Gasteiger partial charge on any atom is -0.341 e. The van der Waals surface area contributed by atoms with E-state index in [-0.39, 0.29) is 0 Å². The Labute approximate surface area is 110 Å². The quantitative estimate of drug-likeness (QED) is 0.796. The molecule has 4 nitrogen and oxygen atoms in total. The molecule has 3 atom stereocenters. The summed E-state index contributed by atoms with van der Waals surface area (Å²) in [5.74, 6) is 1.48. The van der Waals surface area contributed by atoms with Crippen molar-refractivity contribution in [2.45, 2.75) is 39.2 Å². The number of piperidine rings is 2. The minimum atomic E-state index is 0.309. The van der Waals surface area contributed by atoms with E-state index in [1.165, 1.54) is 6.42 Å². The third-order valence-electron chi connectivity index (χ3n) is 4.42. The van der Waals surface area contributed by atoms with E-state index in [4.69, 9.17) is 5.73 Å². The van der Waals surface area contributed by atoms with Gasteiger partial charge in [-0.3, -0.25) is 9.69 Å². The maximum absolute atomic E-state index is 12.3. The van der Waals surface area contributed by atoms with E-state index in [1.807, 2.05) is 4.90 Å². The van der Waals surface area contributed by atoms with Gasteiger partial charge in [0.2, 0.25) is 5.91 Å². The van der Waals surface area contributed by atoms with Crippen molar-refractivity contribution in [3.8, 4) is 0 Å². The molecule has 2 aliphatic heterocycles. The van der Waals surface area contributed by atoms with Crippen LogP contribution in [0, 0.1) is 11.8 Å². The zero-order valence-electron chi connectivity index (χ0n) is 11.8. The summed E-state index contributed by atoms with van der Waals surface area (Å²) >= 11 is 0. The van der Waals surface area contributed by atoms with Crippen LogP contribution in [0.25, 0.3) is 0 Å². The number of nitrogens with zero attached hydrogens (tertiary/aromatic N) is 2. The number of hydrogen-bond donors (Lipinski definition) is 1. The molecule has 0 spiro atoms. The van der Waals surface area contributed by atoms with E-state index in [0.29, 0.717) is 30.3 Å². The second-order valence-electron chi connectivity index (χ2n) is 6.25. The molecule has 0 saturated carbocycles. The highest BCUT2D eigenvalue weighted by atomic mass is 16.2. The predicted octanol–water partition coefficient (Wildman–Crippen LogP) is 0.914. The molecule has 2 fully saturated rings. The monoisotopic (exact) mass is 253 g/mol. The molecule has 0 aromatic carbocycles. The highest BCUT2D eigenvalue weighted by Crippen LogP contribution is 2.18. The van der Waals surface area contributed by atoms with Crippen LogP contribution < -0.4 is 5.73 Å². The van der Waals surface area contributed by atoms with Crippen LogP contribution in [0.2, 0.25) is 0 Å². The van der Waals surface area contributed by atoms with Gasteiger partial charge in [-0.25, -0.2) is 0 Å². The summed E-state index contributed by atoms with van der Waals surface area (Å²) in [4.78, 5) is 16.6. The summed E-state index contributed by atoms with van der Waals surface area (Å²) in [7, 11) is 0. The van der Waals surface area contributed by atoms with Crippen molar-refractivity contribution >= 4 is 5.91 Å². The Morgan fingerprint density at radius 1 is 1.22 bits per heavy atom. The molecule has 0 aromatic rings. The topological polar surface area (TPSA) is 49.6 Å². The molecule has 1 amide bonds. The molecular formula is C14H27N3O. The first kappa shape index (κ1) is 13.8. The average Bonchev–Trinajstić information content (AvgIpc) is 2.34. The molecule has 2 rings (SSSR count). The van der Waals surface area contributed by atoms with Gasteiger partial charge in [0.15, 0.2) is 0 Å². The lowest BCUT2D eigenvalue weighted by molar-refractivity contribution is -0.134. The van der Waals surface area contributed by atoms with Gasteiger partial charge < -0.3 is 10.6 Å². The predicted molar refractivity (Wildman–Crippen MR) is 73.2 cm³/mol. The Morgan fingerprint density at radius 3 is 2.67 bits per heavy atom.